The van der Waals surface area contributed by atoms with Gasteiger partial charge in [-0.25, -0.2) is 0 Å². The van der Waals surface area contributed by atoms with Crippen LogP contribution in [0.4, 0.5) is 0 Å². The molecule has 0 radical (unpaired) electrons. The molecule has 1 aromatic rings. The van der Waals surface area contributed by atoms with Crippen LogP contribution in [0, 0.1) is 5.41 Å². The lowest BCUT2D eigenvalue weighted by Gasteiger charge is -2.26. The first kappa shape index (κ1) is 17.1. The van der Waals surface area contributed by atoms with Gasteiger partial charge in [0.2, 0.25) is 11.7 Å². The third-order valence-corrected chi connectivity index (χ3v) is 3.43. The van der Waals surface area contributed by atoms with Crippen LogP contribution in [-0.2, 0) is 4.74 Å². The molecule has 116 valence electrons. The van der Waals surface area contributed by atoms with Crippen molar-refractivity contribution in [1.82, 2.24) is 10.1 Å². The van der Waals surface area contributed by atoms with E-state index >= 15 is 0 Å². The molecule has 0 fully saturated rings. The summed E-state index contributed by atoms with van der Waals surface area (Å²) in [6.07, 6.45) is 2.95. The second-order valence-corrected chi connectivity index (χ2v) is 6.78. The molecule has 0 bridgehead atoms. The van der Waals surface area contributed by atoms with E-state index in [2.05, 4.69) is 37.8 Å². The molecule has 0 spiro atoms. The van der Waals surface area contributed by atoms with Crippen LogP contribution in [0.3, 0.4) is 0 Å². The maximum atomic E-state index is 5.76. The van der Waals surface area contributed by atoms with Gasteiger partial charge in [-0.05, 0) is 25.2 Å². The molecule has 1 rings (SSSR count). The van der Waals surface area contributed by atoms with Crippen LogP contribution in [0.5, 0.6) is 0 Å². The highest BCUT2D eigenvalue weighted by atomic mass is 16.5. The summed E-state index contributed by atoms with van der Waals surface area (Å²) in [4.78, 5) is 4.51. The first-order valence-electron chi connectivity index (χ1n) is 7.37. The van der Waals surface area contributed by atoms with Gasteiger partial charge in [0.1, 0.15) is 6.10 Å². The second-order valence-electron chi connectivity index (χ2n) is 6.78. The lowest BCUT2D eigenvalue weighted by atomic mass is 9.88. The highest BCUT2D eigenvalue weighted by Crippen LogP contribution is 2.34. The standard InChI is InChI=1S/C15H29N3O2/c1-10(8-7-9-11(2)16)14-17-13(18-20-14)12(19-6)15(3,4)5/h10-12H,7-9,16H2,1-6H3. The quantitative estimate of drug-likeness (QED) is 0.830. The maximum Gasteiger partial charge on any atom is 0.229 e. The fourth-order valence-corrected chi connectivity index (χ4v) is 2.27. The van der Waals surface area contributed by atoms with Gasteiger partial charge < -0.3 is 15.0 Å². The van der Waals surface area contributed by atoms with Gasteiger partial charge in [-0.2, -0.15) is 4.98 Å². The molecule has 0 aliphatic carbocycles. The summed E-state index contributed by atoms with van der Waals surface area (Å²) in [5.74, 6) is 1.58. The van der Waals surface area contributed by atoms with Gasteiger partial charge in [0, 0.05) is 19.1 Å². The van der Waals surface area contributed by atoms with Crippen molar-refractivity contribution in [3.8, 4) is 0 Å². The monoisotopic (exact) mass is 283 g/mol. The summed E-state index contributed by atoms with van der Waals surface area (Å²) in [6, 6.07) is 0.249. The number of nitrogens with two attached hydrogens (primary N) is 1. The topological polar surface area (TPSA) is 74.2 Å². The molecule has 3 atom stereocenters. The molecular weight excluding hydrogens is 254 g/mol. The molecule has 0 aliphatic rings. The molecule has 0 saturated carbocycles. The molecule has 3 unspecified atom stereocenters. The Morgan fingerprint density at radius 2 is 1.90 bits per heavy atom. The van der Waals surface area contributed by atoms with Crippen LogP contribution in [0.1, 0.15) is 77.6 Å². The van der Waals surface area contributed by atoms with Gasteiger partial charge in [0.25, 0.3) is 0 Å². The van der Waals surface area contributed by atoms with Crippen LogP contribution in [-0.4, -0.2) is 23.3 Å². The van der Waals surface area contributed by atoms with E-state index in [4.69, 9.17) is 15.0 Å². The summed E-state index contributed by atoms with van der Waals surface area (Å²) in [6.45, 7) is 10.4. The largest absolute Gasteiger partial charge is 0.373 e. The summed E-state index contributed by atoms with van der Waals surface area (Å²) in [7, 11) is 1.68. The Kier molecular flexibility index (Phi) is 6.14. The van der Waals surface area contributed by atoms with Gasteiger partial charge in [0.15, 0.2) is 0 Å². The third-order valence-electron chi connectivity index (χ3n) is 3.43. The fraction of sp³-hybridized carbons (Fsp3) is 0.867. The number of aromatic nitrogens is 2. The SMILES string of the molecule is COC(c1noc(C(C)CCCC(C)N)n1)C(C)(C)C. The van der Waals surface area contributed by atoms with Crippen LogP contribution >= 0.6 is 0 Å². The van der Waals surface area contributed by atoms with E-state index in [0.29, 0.717) is 11.7 Å². The summed E-state index contributed by atoms with van der Waals surface area (Å²) < 4.78 is 10.9. The zero-order chi connectivity index (χ0) is 15.3. The van der Waals surface area contributed by atoms with Gasteiger partial charge in [-0.15, -0.1) is 0 Å². The van der Waals surface area contributed by atoms with E-state index < -0.39 is 0 Å². The van der Waals surface area contributed by atoms with Crippen molar-refractivity contribution in [3.05, 3.63) is 11.7 Å². The van der Waals surface area contributed by atoms with Gasteiger partial charge in [-0.1, -0.05) is 39.3 Å². The van der Waals surface area contributed by atoms with E-state index in [1.807, 2.05) is 6.92 Å². The first-order chi connectivity index (χ1) is 9.25. The van der Waals surface area contributed by atoms with Crippen molar-refractivity contribution >= 4 is 0 Å². The maximum absolute atomic E-state index is 5.76. The molecule has 2 N–H and O–H groups in total. The normalized spacial score (nSPS) is 16.9. The predicted molar refractivity (Wildman–Crippen MR) is 79.4 cm³/mol. The molecule has 20 heavy (non-hydrogen) atoms. The van der Waals surface area contributed by atoms with Crippen molar-refractivity contribution in [1.29, 1.82) is 0 Å². The molecule has 5 nitrogen and oxygen atoms in total. The van der Waals surface area contributed by atoms with Crippen molar-refractivity contribution in [2.75, 3.05) is 7.11 Å². The van der Waals surface area contributed by atoms with E-state index in [1.165, 1.54) is 0 Å². The Morgan fingerprint density at radius 1 is 1.25 bits per heavy atom. The summed E-state index contributed by atoms with van der Waals surface area (Å²) in [5, 5.41) is 4.08. The van der Waals surface area contributed by atoms with Crippen molar-refractivity contribution in [3.63, 3.8) is 0 Å². The number of nitrogens with zero attached hydrogens (tertiary/aromatic N) is 2. The van der Waals surface area contributed by atoms with Crippen LogP contribution in [0.15, 0.2) is 4.52 Å². The predicted octanol–water partition coefficient (Wildman–Crippen LogP) is 3.42. The minimum absolute atomic E-state index is 0.0614. The van der Waals surface area contributed by atoms with E-state index in [0.717, 1.165) is 19.3 Å². The van der Waals surface area contributed by atoms with Crippen LogP contribution in [0.25, 0.3) is 0 Å². The average molecular weight is 283 g/mol. The Morgan fingerprint density at radius 3 is 2.40 bits per heavy atom. The number of rotatable bonds is 7. The van der Waals surface area contributed by atoms with Crippen molar-refractivity contribution in [2.24, 2.45) is 11.1 Å². The Balaban J connectivity index is 2.66. The molecule has 0 aliphatic heterocycles. The number of ether oxygens (including phenoxy) is 1. The molecule has 5 heteroatoms. The van der Waals surface area contributed by atoms with Crippen molar-refractivity contribution in [2.45, 2.75) is 71.9 Å². The lowest BCUT2D eigenvalue weighted by molar-refractivity contribution is 0.00718. The average Bonchev–Trinajstić information content (AvgIpc) is 2.76. The molecule has 1 aromatic heterocycles. The second kappa shape index (κ2) is 7.18. The fourth-order valence-electron chi connectivity index (χ4n) is 2.27. The van der Waals surface area contributed by atoms with Crippen LogP contribution < -0.4 is 5.73 Å². The molecule has 0 amide bonds. The summed E-state index contributed by atoms with van der Waals surface area (Å²) in [5.41, 5.74) is 5.70. The minimum Gasteiger partial charge on any atom is -0.373 e. The number of hydrogen-bond acceptors (Lipinski definition) is 5. The molecule has 1 heterocycles. The highest BCUT2D eigenvalue weighted by Gasteiger charge is 2.31. The zero-order valence-electron chi connectivity index (χ0n) is 13.6. The van der Waals surface area contributed by atoms with E-state index in [9.17, 15) is 0 Å². The Labute approximate surface area is 122 Å². The lowest BCUT2D eigenvalue weighted by Crippen LogP contribution is -2.21. The molecular formula is C15H29N3O2. The van der Waals surface area contributed by atoms with E-state index in [-0.39, 0.29) is 23.5 Å². The first-order valence-corrected chi connectivity index (χ1v) is 7.37. The highest BCUT2D eigenvalue weighted by molar-refractivity contribution is 4.99. The number of hydrogen-bond donors (Lipinski definition) is 1. The number of methoxy groups -OCH3 is 1. The minimum atomic E-state index is -0.156. The van der Waals surface area contributed by atoms with E-state index in [1.54, 1.807) is 7.11 Å². The smallest absolute Gasteiger partial charge is 0.229 e. The van der Waals surface area contributed by atoms with Crippen molar-refractivity contribution < 1.29 is 9.26 Å². The van der Waals surface area contributed by atoms with Crippen LogP contribution in [0.2, 0.25) is 0 Å². The molecule has 0 aromatic carbocycles. The van der Waals surface area contributed by atoms with Gasteiger partial charge in [0.05, 0.1) is 0 Å². The third kappa shape index (κ3) is 4.87. The Bertz CT molecular complexity index is 396. The van der Waals surface area contributed by atoms with Gasteiger partial charge >= 0.3 is 0 Å². The van der Waals surface area contributed by atoms with Gasteiger partial charge in [-0.3, -0.25) is 0 Å². The summed E-state index contributed by atoms with van der Waals surface area (Å²) >= 11 is 0. The Hall–Kier alpha value is -0.940. The molecule has 0 saturated heterocycles. The zero-order valence-corrected chi connectivity index (χ0v) is 13.6.